The molecule has 0 radical (unpaired) electrons. The molecule has 0 aliphatic carbocycles. The van der Waals surface area contributed by atoms with Gasteiger partial charge < -0.3 is 14.8 Å². The third-order valence-electron chi connectivity index (χ3n) is 4.49. The zero-order valence-corrected chi connectivity index (χ0v) is 14.6. The van der Waals surface area contributed by atoms with Crippen molar-refractivity contribution in [3.63, 3.8) is 0 Å². The minimum Gasteiger partial charge on any atom is -0.354 e. The summed E-state index contributed by atoms with van der Waals surface area (Å²) in [5, 5.41) is 19.5. The van der Waals surface area contributed by atoms with Crippen LogP contribution in [0.3, 0.4) is 0 Å². The van der Waals surface area contributed by atoms with Crippen LogP contribution in [0.2, 0.25) is 0 Å². The van der Waals surface area contributed by atoms with Gasteiger partial charge in [-0.05, 0) is 19.1 Å². The number of nitrogens with one attached hydrogen (secondary N) is 1. The van der Waals surface area contributed by atoms with Crippen LogP contribution < -0.4 is 10.2 Å². The van der Waals surface area contributed by atoms with Crippen molar-refractivity contribution < 1.29 is 4.79 Å². The van der Waals surface area contributed by atoms with E-state index in [2.05, 4.69) is 42.1 Å². The summed E-state index contributed by atoms with van der Waals surface area (Å²) in [4.78, 5) is 13.7. The van der Waals surface area contributed by atoms with Crippen LogP contribution >= 0.6 is 0 Å². The molecule has 0 saturated heterocycles. The number of hydrogen-bond acceptors (Lipinski definition) is 6. The number of benzene rings is 1. The summed E-state index contributed by atoms with van der Waals surface area (Å²) in [6.45, 7) is 3.49. The molecular formula is C18H19N7O. The average Bonchev–Trinajstić information content (AvgIpc) is 3.13. The number of amides is 1. The molecule has 8 heteroatoms. The Morgan fingerprint density at radius 2 is 1.88 bits per heavy atom. The molecule has 1 atom stereocenters. The maximum absolute atomic E-state index is 11.6. The van der Waals surface area contributed by atoms with Gasteiger partial charge >= 0.3 is 0 Å². The predicted molar refractivity (Wildman–Crippen MR) is 96.6 cm³/mol. The third-order valence-corrected chi connectivity index (χ3v) is 4.49. The van der Waals surface area contributed by atoms with E-state index in [4.69, 9.17) is 0 Å². The Balaban J connectivity index is 1.61. The summed E-state index contributed by atoms with van der Waals surface area (Å²) < 4.78 is 2.18. The lowest BCUT2D eigenvalue weighted by Gasteiger charge is -2.33. The van der Waals surface area contributed by atoms with E-state index in [9.17, 15) is 4.79 Å². The monoisotopic (exact) mass is 349 g/mol. The Morgan fingerprint density at radius 3 is 2.58 bits per heavy atom. The van der Waals surface area contributed by atoms with Crippen molar-refractivity contribution in [2.45, 2.75) is 19.5 Å². The van der Waals surface area contributed by atoms with Crippen molar-refractivity contribution in [1.29, 1.82) is 0 Å². The van der Waals surface area contributed by atoms with Gasteiger partial charge in [0, 0.05) is 19.2 Å². The molecule has 4 rings (SSSR count). The fraction of sp³-hybridized carbons (Fsp3) is 0.278. The lowest BCUT2D eigenvalue weighted by atomic mass is 10.1. The number of carbonyl (C=O) groups excluding carboxylic acids is 1. The Morgan fingerprint density at radius 1 is 1.08 bits per heavy atom. The molecule has 132 valence electrons. The second kappa shape index (κ2) is 6.55. The van der Waals surface area contributed by atoms with E-state index in [1.165, 1.54) is 0 Å². The molecule has 3 heterocycles. The molecule has 2 aromatic heterocycles. The van der Waals surface area contributed by atoms with Gasteiger partial charge in [-0.15, -0.1) is 20.4 Å². The minimum atomic E-state index is -0.247. The summed E-state index contributed by atoms with van der Waals surface area (Å²) in [7, 11) is 1.57. The molecular weight excluding hydrogens is 330 g/mol. The number of anilines is 1. The van der Waals surface area contributed by atoms with E-state index < -0.39 is 0 Å². The molecule has 3 aromatic rings. The van der Waals surface area contributed by atoms with E-state index in [1.54, 1.807) is 13.1 Å². The van der Waals surface area contributed by atoms with Gasteiger partial charge in [0.1, 0.15) is 0 Å². The first-order valence-corrected chi connectivity index (χ1v) is 8.47. The van der Waals surface area contributed by atoms with Crippen LogP contribution in [-0.4, -0.2) is 44.5 Å². The highest BCUT2D eigenvalue weighted by atomic mass is 16.1. The number of fused-ring (bicyclic) bond motifs is 1. The fourth-order valence-corrected chi connectivity index (χ4v) is 3.23. The number of aromatic nitrogens is 5. The summed E-state index contributed by atoms with van der Waals surface area (Å²) in [6, 6.07) is 13.8. The molecule has 8 nitrogen and oxygen atoms in total. The van der Waals surface area contributed by atoms with Gasteiger partial charge in [0.25, 0.3) is 5.91 Å². The molecule has 0 unspecified atom stereocenters. The Hall–Kier alpha value is -3.29. The molecule has 0 saturated carbocycles. The molecule has 0 spiro atoms. The molecule has 1 N–H and O–H groups in total. The maximum Gasteiger partial charge on any atom is 0.271 e. The third kappa shape index (κ3) is 2.79. The highest BCUT2D eigenvalue weighted by Crippen LogP contribution is 2.29. The van der Waals surface area contributed by atoms with Crippen molar-refractivity contribution in [3.05, 3.63) is 54.0 Å². The first-order chi connectivity index (χ1) is 12.7. The van der Waals surface area contributed by atoms with Crippen LogP contribution in [0.5, 0.6) is 0 Å². The Kier molecular flexibility index (Phi) is 4.08. The van der Waals surface area contributed by atoms with Crippen LogP contribution in [0.1, 0.15) is 29.3 Å². The average molecular weight is 349 g/mol. The van der Waals surface area contributed by atoms with Gasteiger partial charge in [-0.2, -0.15) is 0 Å². The molecule has 1 aliphatic heterocycles. The summed E-state index contributed by atoms with van der Waals surface area (Å²) >= 11 is 0. The highest BCUT2D eigenvalue weighted by molar-refractivity contribution is 5.91. The van der Waals surface area contributed by atoms with E-state index in [0.717, 1.165) is 29.6 Å². The largest absolute Gasteiger partial charge is 0.354 e. The van der Waals surface area contributed by atoms with Crippen molar-refractivity contribution in [2.75, 3.05) is 18.5 Å². The molecule has 26 heavy (non-hydrogen) atoms. The summed E-state index contributed by atoms with van der Waals surface area (Å²) in [5.41, 5.74) is 1.36. The predicted octanol–water partition coefficient (Wildman–Crippen LogP) is 1.68. The van der Waals surface area contributed by atoms with Crippen LogP contribution in [0.15, 0.2) is 42.5 Å². The van der Waals surface area contributed by atoms with Crippen LogP contribution in [0.25, 0.3) is 11.4 Å². The van der Waals surface area contributed by atoms with Gasteiger partial charge in [0.05, 0.1) is 12.6 Å². The molecule has 1 aliphatic rings. The van der Waals surface area contributed by atoms with Gasteiger partial charge in [-0.3, -0.25) is 4.79 Å². The van der Waals surface area contributed by atoms with E-state index in [1.807, 2.05) is 36.4 Å². The van der Waals surface area contributed by atoms with Crippen LogP contribution in [0, 0.1) is 0 Å². The zero-order valence-electron chi connectivity index (χ0n) is 14.6. The van der Waals surface area contributed by atoms with Crippen molar-refractivity contribution in [2.24, 2.45) is 0 Å². The van der Waals surface area contributed by atoms with Crippen molar-refractivity contribution >= 4 is 11.7 Å². The fourth-order valence-electron chi connectivity index (χ4n) is 3.23. The summed E-state index contributed by atoms with van der Waals surface area (Å²) in [6.07, 6.45) is 0. The highest BCUT2D eigenvalue weighted by Gasteiger charge is 2.28. The Labute approximate surface area is 150 Å². The smallest absolute Gasteiger partial charge is 0.271 e. The number of carbonyl (C=O) groups is 1. The van der Waals surface area contributed by atoms with Crippen LogP contribution in [-0.2, 0) is 6.54 Å². The van der Waals surface area contributed by atoms with Gasteiger partial charge in [-0.25, -0.2) is 0 Å². The summed E-state index contributed by atoms with van der Waals surface area (Å²) in [5.74, 6) is 2.25. The van der Waals surface area contributed by atoms with E-state index >= 15 is 0 Å². The molecule has 0 fully saturated rings. The second-order valence-corrected chi connectivity index (χ2v) is 6.26. The molecule has 1 amide bonds. The Bertz CT molecular complexity index is 920. The number of nitrogens with zero attached hydrogens (tertiary/aromatic N) is 6. The van der Waals surface area contributed by atoms with Gasteiger partial charge in [0.2, 0.25) is 0 Å². The van der Waals surface area contributed by atoms with Crippen LogP contribution in [0.4, 0.5) is 5.82 Å². The lowest BCUT2D eigenvalue weighted by Crippen LogP contribution is -2.37. The first-order valence-electron chi connectivity index (χ1n) is 8.47. The molecule has 1 aromatic carbocycles. The normalized spacial score (nSPS) is 16.2. The quantitative estimate of drug-likeness (QED) is 0.774. The number of hydrogen-bond donors (Lipinski definition) is 1. The maximum atomic E-state index is 11.6. The van der Waals surface area contributed by atoms with Crippen molar-refractivity contribution in [3.8, 4) is 11.4 Å². The lowest BCUT2D eigenvalue weighted by molar-refractivity contribution is 0.0957. The molecule has 0 bridgehead atoms. The zero-order chi connectivity index (χ0) is 18.1. The first kappa shape index (κ1) is 16.2. The SMILES string of the molecule is CNC(=O)c1ccc(N2Cc3nnc(-c4ccccc4)n3[C@@H](C)C2)nn1. The van der Waals surface area contributed by atoms with Crippen molar-refractivity contribution in [1.82, 2.24) is 30.3 Å². The topological polar surface area (TPSA) is 88.8 Å². The standard InChI is InChI=1S/C18H19N7O/c1-12-10-24(15-9-8-14(20-21-15)18(26)19-2)11-16-22-23-17(25(12)16)13-6-4-3-5-7-13/h3-9,12H,10-11H2,1-2H3,(H,19,26)/t12-/m0/s1. The van der Waals surface area contributed by atoms with Gasteiger partial charge in [-0.1, -0.05) is 30.3 Å². The van der Waals surface area contributed by atoms with E-state index in [-0.39, 0.29) is 11.9 Å². The van der Waals surface area contributed by atoms with Gasteiger partial charge in [0.15, 0.2) is 23.2 Å². The minimum absolute atomic E-state index is 0.185. The van der Waals surface area contributed by atoms with E-state index in [0.29, 0.717) is 12.2 Å². The number of rotatable bonds is 3. The second-order valence-electron chi connectivity index (χ2n) is 6.26.